The van der Waals surface area contributed by atoms with Crippen molar-refractivity contribution in [1.29, 1.82) is 0 Å². The Balaban J connectivity index is 1.83. The average molecular weight is 406 g/mol. The van der Waals surface area contributed by atoms with Crippen LogP contribution >= 0.6 is 0 Å². The zero-order valence-electron chi connectivity index (χ0n) is 16.1. The Bertz CT molecular complexity index is 944. The van der Waals surface area contributed by atoms with Crippen molar-refractivity contribution in [3.05, 3.63) is 6.33 Å². The Kier molecular flexibility index (Phi) is 5.04. The number of nitrogens with zero attached hydrogens (tertiary/aromatic N) is 5. The van der Waals surface area contributed by atoms with E-state index in [9.17, 15) is 10.2 Å². The van der Waals surface area contributed by atoms with Crippen molar-refractivity contribution in [2.24, 2.45) is 0 Å². The second-order valence-electron chi connectivity index (χ2n) is 7.14. The van der Waals surface area contributed by atoms with E-state index >= 15 is 4.39 Å². The van der Waals surface area contributed by atoms with Crippen LogP contribution in [0.1, 0.15) is 26.0 Å². The summed E-state index contributed by atoms with van der Waals surface area (Å²) >= 11 is 0. The lowest BCUT2D eigenvalue weighted by Crippen LogP contribution is -2.42. The third-order valence-corrected chi connectivity index (χ3v) is 5.24. The molecule has 4 rings (SSSR count). The Hall–Kier alpha value is -2.52. The van der Waals surface area contributed by atoms with Gasteiger partial charge in [0.2, 0.25) is 5.67 Å². The molecule has 4 atom stereocenters. The molecule has 29 heavy (non-hydrogen) atoms. The van der Waals surface area contributed by atoms with Crippen molar-refractivity contribution in [2.45, 2.75) is 49.9 Å². The summed E-state index contributed by atoms with van der Waals surface area (Å²) in [5.41, 5.74) is 0.789. The van der Waals surface area contributed by atoms with Crippen molar-refractivity contribution in [3.63, 3.8) is 0 Å². The standard InChI is InChI=1S/C18H23FN6O4/c1-4-18(19)13(27)11(8-26)29-16(18)25-9-20-12-14(24(3)10-6-7-10)21-17(22-15(12)25)23-28-5-2/h1,9-11,13,16,26-27H,5-8H2,2-3H3,(H,21,22,23)/t11-,13-,16-,18-/m1/s1. The molecule has 1 aliphatic heterocycles. The molecule has 3 heterocycles. The molecule has 0 bridgehead atoms. The maximum atomic E-state index is 15.5. The highest BCUT2D eigenvalue weighted by Crippen LogP contribution is 2.43. The molecule has 11 heteroatoms. The molecule has 1 saturated carbocycles. The van der Waals surface area contributed by atoms with E-state index in [0.717, 1.165) is 12.8 Å². The summed E-state index contributed by atoms with van der Waals surface area (Å²) in [6.07, 6.45) is 4.52. The van der Waals surface area contributed by atoms with Gasteiger partial charge in [-0.3, -0.25) is 9.40 Å². The third-order valence-electron chi connectivity index (χ3n) is 5.24. The minimum atomic E-state index is -2.57. The Morgan fingerprint density at radius 2 is 2.28 bits per heavy atom. The molecule has 3 N–H and O–H groups in total. The summed E-state index contributed by atoms with van der Waals surface area (Å²) in [7, 11) is 1.90. The number of fused-ring (bicyclic) bond motifs is 1. The van der Waals surface area contributed by atoms with E-state index in [1.807, 2.05) is 17.9 Å². The SMILES string of the molecule is C#C[C@@]1(F)[C@H](O)[C@@H](CO)O[C@H]1n1cnc2c(N(C)C3CC3)nc(NOCC)nc21. The van der Waals surface area contributed by atoms with E-state index in [2.05, 4.69) is 20.4 Å². The molecular weight excluding hydrogens is 383 g/mol. The fourth-order valence-electron chi connectivity index (χ4n) is 3.46. The van der Waals surface area contributed by atoms with Crippen molar-refractivity contribution in [3.8, 4) is 12.3 Å². The second-order valence-corrected chi connectivity index (χ2v) is 7.14. The number of terminal acetylenes is 1. The van der Waals surface area contributed by atoms with E-state index in [0.29, 0.717) is 24.0 Å². The van der Waals surface area contributed by atoms with E-state index in [1.165, 1.54) is 10.9 Å². The Labute approximate surface area is 166 Å². The molecule has 2 fully saturated rings. The van der Waals surface area contributed by atoms with Crippen LogP contribution in [-0.4, -0.2) is 73.9 Å². The van der Waals surface area contributed by atoms with Gasteiger partial charge in [0.15, 0.2) is 23.2 Å². The lowest BCUT2D eigenvalue weighted by molar-refractivity contribution is -0.0504. The number of anilines is 2. The summed E-state index contributed by atoms with van der Waals surface area (Å²) < 4.78 is 22.3. The zero-order valence-corrected chi connectivity index (χ0v) is 16.1. The number of hydrogen-bond acceptors (Lipinski definition) is 9. The highest BCUT2D eigenvalue weighted by atomic mass is 19.1. The molecule has 156 valence electrons. The number of rotatable bonds is 7. The average Bonchev–Trinajstić information content (AvgIpc) is 3.45. The van der Waals surface area contributed by atoms with E-state index in [4.69, 9.17) is 16.0 Å². The van der Waals surface area contributed by atoms with Gasteiger partial charge < -0.3 is 19.8 Å². The summed E-state index contributed by atoms with van der Waals surface area (Å²) in [5.74, 6) is 2.71. The lowest BCUT2D eigenvalue weighted by Gasteiger charge is -2.24. The van der Waals surface area contributed by atoms with Crippen LogP contribution in [0.2, 0.25) is 0 Å². The molecule has 1 saturated heterocycles. The number of imidazole rings is 1. The first-order valence-electron chi connectivity index (χ1n) is 9.40. The smallest absolute Gasteiger partial charge is 0.251 e. The number of alkyl halides is 1. The van der Waals surface area contributed by atoms with E-state index in [1.54, 1.807) is 6.92 Å². The van der Waals surface area contributed by atoms with Gasteiger partial charge in [0.1, 0.15) is 12.2 Å². The van der Waals surface area contributed by atoms with E-state index in [-0.39, 0.29) is 11.6 Å². The molecule has 0 unspecified atom stereocenters. The number of aliphatic hydroxyl groups is 2. The minimum absolute atomic E-state index is 0.172. The fraction of sp³-hybridized carbons (Fsp3) is 0.611. The first kappa shape index (κ1) is 19.8. The maximum absolute atomic E-state index is 15.5. The van der Waals surface area contributed by atoms with Gasteiger partial charge in [0.05, 0.1) is 19.5 Å². The normalized spacial score (nSPS) is 29.2. The third kappa shape index (κ3) is 3.18. The van der Waals surface area contributed by atoms with E-state index < -0.39 is 30.7 Å². The van der Waals surface area contributed by atoms with Crippen LogP contribution in [0.5, 0.6) is 0 Å². The van der Waals surface area contributed by atoms with Crippen molar-refractivity contribution >= 4 is 22.9 Å². The number of ether oxygens (including phenoxy) is 1. The topological polar surface area (TPSA) is 118 Å². The predicted molar refractivity (Wildman–Crippen MR) is 102 cm³/mol. The molecular formula is C18H23FN6O4. The van der Waals surface area contributed by atoms with Gasteiger partial charge in [-0.05, 0) is 19.8 Å². The molecule has 2 aromatic rings. The summed E-state index contributed by atoms with van der Waals surface area (Å²) in [6.45, 7) is 1.61. The Morgan fingerprint density at radius 1 is 1.52 bits per heavy atom. The van der Waals surface area contributed by atoms with Crippen LogP contribution in [0.25, 0.3) is 11.2 Å². The number of aromatic nitrogens is 4. The molecule has 1 aliphatic carbocycles. The van der Waals surface area contributed by atoms with Gasteiger partial charge in [-0.1, -0.05) is 5.92 Å². The second kappa shape index (κ2) is 7.38. The van der Waals surface area contributed by atoms with Crippen molar-refractivity contribution in [2.75, 3.05) is 30.6 Å². The van der Waals surface area contributed by atoms with Crippen LogP contribution in [-0.2, 0) is 9.57 Å². The quantitative estimate of drug-likeness (QED) is 0.443. The highest BCUT2D eigenvalue weighted by Gasteiger charge is 2.57. The summed E-state index contributed by atoms with van der Waals surface area (Å²) in [4.78, 5) is 20.4. The number of hydrogen-bond donors (Lipinski definition) is 3. The van der Waals surface area contributed by atoms with Crippen LogP contribution in [0.3, 0.4) is 0 Å². The van der Waals surface area contributed by atoms with Gasteiger partial charge in [-0.2, -0.15) is 9.97 Å². The molecule has 10 nitrogen and oxygen atoms in total. The maximum Gasteiger partial charge on any atom is 0.251 e. The largest absolute Gasteiger partial charge is 0.394 e. The molecule has 0 radical (unpaired) electrons. The first-order chi connectivity index (χ1) is 13.9. The lowest BCUT2D eigenvalue weighted by atomic mass is 9.97. The molecule has 2 aliphatic rings. The number of halogens is 1. The van der Waals surface area contributed by atoms with Crippen LogP contribution in [0, 0.1) is 12.3 Å². The van der Waals surface area contributed by atoms with Gasteiger partial charge in [0.25, 0.3) is 5.95 Å². The molecule has 0 amide bonds. The molecule has 0 aromatic carbocycles. The van der Waals surface area contributed by atoms with Crippen LogP contribution in [0.4, 0.5) is 16.2 Å². The predicted octanol–water partition coefficient (Wildman–Crippen LogP) is 0.380. The fourth-order valence-corrected chi connectivity index (χ4v) is 3.46. The van der Waals surface area contributed by atoms with Gasteiger partial charge in [-0.25, -0.2) is 14.9 Å². The number of nitrogens with one attached hydrogen (secondary N) is 1. The monoisotopic (exact) mass is 406 g/mol. The first-order valence-corrected chi connectivity index (χ1v) is 9.40. The highest BCUT2D eigenvalue weighted by molar-refractivity contribution is 5.85. The minimum Gasteiger partial charge on any atom is -0.394 e. The van der Waals surface area contributed by atoms with Gasteiger partial charge >= 0.3 is 0 Å². The van der Waals surface area contributed by atoms with Gasteiger partial charge in [0, 0.05) is 13.1 Å². The van der Waals surface area contributed by atoms with Crippen LogP contribution in [0.15, 0.2) is 6.33 Å². The number of aliphatic hydroxyl groups excluding tert-OH is 2. The summed E-state index contributed by atoms with van der Waals surface area (Å²) in [5, 5.41) is 19.6. The Morgan fingerprint density at radius 3 is 2.90 bits per heavy atom. The summed E-state index contributed by atoms with van der Waals surface area (Å²) in [6, 6.07) is 0.340. The van der Waals surface area contributed by atoms with Crippen LogP contribution < -0.4 is 10.4 Å². The van der Waals surface area contributed by atoms with Gasteiger partial charge in [-0.15, -0.1) is 6.42 Å². The van der Waals surface area contributed by atoms with Crippen molar-refractivity contribution in [1.82, 2.24) is 19.5 Å². The molecule has 0 spiro atoms. The zero-order chi connectivity index (χ0) is 20.8. The molecule has 2 aromatic heterocycles. The van der Waals surface area contributed by atoms with Crippen molar-refractivity contribution < 1.29 is 24.2 Å².